The Morgan fingerprint density at radius 2 is 2.06 bits per heavy atom. The standard InChI is InChI=1S/C14H17NO2S/c1-9-7-18-8-11(9)6-15-10(2)13-5-12(16)3-4-14(13)17/h3-5,7-8,10,15-17H,6H2,1-2H3. The van der Waals surface area contributed by atoms with Crippen molar-refractivity contribution in [3.05, 3.63) is 45.6 Å². The summed E-state index contributed by atoms with van der Waals surface area (Å²) < 4.78 is 0. The third kappa shape index (κ3) is 2.83. The van der Waals surface area contributed by atoms with Crippen LogP contribution < -0.4 is 5.32 Å². The number of nitrogens with one attached hydrogen (secondary N) is 1. The lowest BCUT2D eigenvalue weighted by molar-refractivity contribution is 0.440. The van der Waals surface area contributed by atoms with E-state index in [9.17, 15) is 10.2 Å². The Labute approximate surface area is 111 Å². The van der Waals surface area contributed by atoms with Gasteiger partial charge in [0.1, 0.15) is 11.5 Å². The van der Waals surface area contributed by atoms with E-state index in [-0.39, 0.29) is 17.5 Å². The van der Waals surface area contributed by atoms with Crippen LogP contribution in [0.5, 0.6) is 11.5 Å². The first-order valence-electron chi connectivity index (χ1n) is 5.85. The van der Waals surface area contributed by atoms with Gasteiger partial charge in [0.05, 0.1) is 0 Å². The van der Waals surface area contributed by atoms with Gasteiger partial charge in [-0.3, -0.25) is 0 Å². The maximum atomic E-state index is 9.77. The summed E-state index contributed by atoms with van der Waals surface area (Å²) in [6, 6.07) is 4.57. The number of phenolic OH excluding ortho intramolecular Hbond substituents is 2. The molecule has 3 nitrogen and oxygen atoms in total. The van der Waals surface area contributed by atoms with E-state index < -0.39 is 0 Å². The zero-order valence-electron chi connectivity index (χ0n) is 10.5. The molecule has 0 saturated carbocycles. The van der Waals surface area contributed by atoms with Gasteiger partial charge >= 0.3 is 0 Å². The van der Waals surface area contributed by atoms with E-state index in [1.54, 1.807) is 17.4 Å². The summed E-state index contributed by atoms with van der Waals surface area (Å²) in [7, 11) is 0. The van der Waals surface area contributed by atoms with E-state index in [1.807, 2.05) is 6.92 Å². The fraction of sp³-hybridized carbons (Fsp3) is 0.286. The normalized spacial score (nSPS) is 12.6. The zero-order chi connectivity index (χ0) is 13.1. The van der Waals surface area contributed by atoms with E-state index in [4.69, 9.17) is 0 Å². The minimum Gasteiger partial charge on any atom is -0.508 e. The highest BCUT2D eigenvalue weighted by molar-refractivity contribution is 7.08. The largest absolute Gasteiger partial charge is 0.508 e. The fourth-order valence-corrected chi connectivity index (χ4v) is 2.69. The van der Waals surface area contributed by atoms with E-state index in [2.05, 4.69) is 23.0 Å². The van der Waals surface area contributed by atoms with Crippen LogP contribution in [0.25, 0.3) is 0 Å². The Balaban J connectivity index is 2.06. The lowest BCUT2D eigenvalue weighted by atomic mass is 10.1. The van der Waals surface area contributed by atoms with Crippen molar-refractivity contribution in [3.8, 4) is 11.5 Å². The molecule has 0 aliphatic rings. The Kier molecular flexibility index (Phi) is 3.89. The molecule has 2 aromatic rings. The molecule has 1 unspecified atom stereocenters. The van der Waals surface area contributed by atoms with Gasteiger partial charge in [-0.1, -0.05) is 0 Å². The van der Waals surface area contributed by atoms with Gasteiger partial charge in [-0.05, 0) is 53.9 Å². The van der Waals surface area contributed by atoms with E-state index in [0.717, 1.165) is 6.54 Å². The maximum absolute atomic E-state index is 9.77. The van der Waals surface area contributed by atoms with Crippen molar-refractivity contribution >= 4 is 11.3 Å². The third-order valence-electron chi connectivity index (χ3n) is 3.04. The van der Waals surface area contributed by atoms with Crippen molar-refractivity contribution in [1.82, 2.24) is 5.32 Å². The van der Waals surface area contributed by atoms with Gasteiger partial charge < -0.3 is 15.5 Å². The summed E-state index contributed by atoms with van der Waals surface area (Å²) >= 11 is 1.69. The van der Waals surface area contributed by atoms with Crippen LogP contribution in [0, 0.1) is 6.92 Å². The van der Waals surface area contributed by atoms with Crippen LogP contribution in [-0.4, -0.2) is 10.2 Å². The first kappa shape index (κ1) is 12.9. The second kappa shape index (κ2) is 5.42. The third-order valence-corrected chi connectivity index (χ3v) is 3.95. The molecular formula is C14H17NO2S. The van der Waals surface area contributed by atoms with Crippen molar-refractivity contribution in [2.24, 2.45) is 0 Å². The number of aromatic hydroxyl groups is 2. The van der Waals surface area contributed by atoms with Crippen molar-refractivity contribution in [1.29, 1.82) is 0 Å². The number of hydrogen-bond acceptors (Lipinski definition) is 4. The predicted octanol–water partition coefficient (Wildman–Crippen LogP) is 3.32. The highest BCUT2D eigenvalue weighted by Gasteiger charge is 2.11. The van der Waals surface area contributed by atoms with Crippen LogP contribution >= 0.6 is 11.3 Å². The molecule has 96 valence electrons. The molecule has 1 heterocycles. The molecule has 4 heteroatoms. The molecule has 1 aromatic heterocycles. The molecule has 0 spiro atoms. The van der Waals surface area contributed by atoms with Gasteiger partial charge in [0.15, 0.2) is 0 Å². The summed E-state index contributed by atoms with van der Waals surface area (Å²) in [5.41, 5.74) is 3.26. The number of hydrogen-bond donors (Lipinski definition) is 3. The Hall–Kier alpha value is -1.52. The number of rotatable bonds is 4. The van der Waals surface area contributed by atoms with Crippen molar-refractivity contribution in [3.63, 3.8) is 0 Å². The van der Waals surface area contributed by atoms with E-state index in [0.29, 0.717) is 5.56 Å². The zero-order valence-corrected chi connectivity index (χ0v) is 11.3. The van der Waals surface area contributed by atoms with Crippen LogP contribution in [0.1, 0.15) is 29.7 Å². The topological polar surface area (TPSA) is 52.5 Å². The number of aryl methyl sites for hydroxylation is 1. The number of phenols is 2. The second-order valence-electron chi connectivity index (χ2n) is 4.43. The molecule has 0 aliphatic heterocycles. The number of thiophene rings is 1. The summed E-state index contributed by atoms with van der Waals surface area (Å²) in [6.07, 6.45) is 0. The second-order valence-corrected chi connectivity index (χ2v) is 5.17. The average Bonchev–Trinajstić information content (AvgIpc) is 2.75. The molecule has 0 saturated heterocycles. The lowest BCUT2D eigenvalue weighted by Gasteiger charge is -2.16. The van der Waals surface area contributed by atoms with Crippen LogP contribution in [-0.2, 0) is 6.54 Å². The van der Waals surface area contributed by atoms with Gasteiger partial charge in [0.2, 0.25) is 0 Å². The molecule has 18 heavy (non-hydrogen) atoms. The molecule has 3 N–H and O–H groups in total. The van der Waals surface area contributed by atoms with E-state index in [1.165, 1.54) is 23.3 Å². The fourth-order valence-electron chi connectivity index (χ4n) is 1.83. The van der Waals surface area contributed by atoms with Crippen molar-refractivity contribution in [2.75, 3.05) is 0 Å². The maximum Gasteiger partial charge on any atom is 0.120 e. The molecule has 0 radical (unpaired) electrons. The number of benzene rings is 1. The van der Waals surface area contributed by atoms with Gasteiger partial charge in [-0.15, -0.1) is 0 Å². The molecule has 0 bridgehead atoms. The summed E-state index contributed by atoms with van der Waals surface area (Å²) in [5.74, 6) is 0.373. The SMILES string of the molecule is Cc1cscc1CNC(C)c1cc(O)ccc1O. The molecule has 0 amide bonds. The van der Waals surface area contributed by atoms with Gasteiger partial charge in [0.25, 0.3) is 0 Å². The van der Waals surface area contributed by atoms with Gasteiger partial charge in [-0.2, -0.15) is 11.3 Å². The highest BCUT2D eigenvalue weighted by atomic mass is 32.1. The molecule has 0 aliphatic carbocycles. The van der Waals surface area contributed by atoms with E-state index >= 15 is 0 Å². The minimum atomic E-state index is -0.0172. The Bertz CT molecular complexity index is 536. The quantitative estimate of drug-likeness (QED) is 0.742. The first-order valence-corrected chi connectivity index (χ1v) is 6.79. The van der Waals surface area contributed by atoms with Crippen LogP contribution in [0.4, 0.5) is 0 Å². The molecule has 2 rings (SSSR count). The van der Waals surface area contributed by atoms with Crippen LogP contribution in [0.2, 0.25) is 0 Å². The summed E-state index contributed by atoms with van der Waals surface area (Å²) in [6.45, 7) is 4.81. The first-order chi connectivity index (χ1) is 8.58. The summed E-state index contributed by atoms with van der Waals surface area (Å²) in [4.78, 5) is 0. The van der Waals surface area contributed by atoms with Crippen LogP contribution in [0.3, 0.4) is 0 Å². The van der Waals surface area contributed by atoms with Crippen molar-refractivity contribution < 1.29 is 10.2 Å². The highest BCUT2D eigenvalue weighted by Crippen LogP contribution is 2.28. The van der Waals surface area contributed by atoms with Gasteiger partial charge in [-0.25, -0.2) is 0 Å². The average molecular weight is 263 g/mol. The Morgan fingerprint density at radius 1 is 1.28 bits per heavy atom. The molecule has 1 aromatic carbocycles. The molecule has 1 atom stereocenters. The predicted molar refractivity (Wildman–Crippen MR) is 74.1 cm³/mol. The summed E-state index contributed by atoms with van der Waals surface area (Å²) in [5, 5.41) is 26.8. The lowest BCUT2D eigenvalue weighted by Crippen LogP contribution is -2.18. The molecular weight excluding hydrogens is 246 g/mol. The van der Waals surface area contributed by atoms with Crippen molar-refractivity contribution in [2.45, 2.75) is 26.4 Å². The van der Waals surface area contributed by atoms with Crippen LogP contribution in [0.15, 0.2) is 29.0 Å². The Morgan fingerprint density at radius 3 is 2.72 bits per heavy atom. The minimum absolute atomic E-state index is 0.0172. The smallest absolute Gasteiger partial charge is 0.120 e. The monoisotopic (exact) mass is 263 g/mol. The molecule has 0 fully saturated rings. The van der Waals surface area contributed by atoms with Gasteiger partial charge in [0, 0.05) is 18.2 Å².